The molecule has 4 aromatic rings. The number of rotatable bonds is 5. The van der Waals surface area contributed by atoms with Crippen LogP contribution in [0.25, 0.3) is 22.3 Å². The molecular weight excluding hydrogens is 418 g/mol. The molecule has 0 radical (unpaired) electrons. The highest BCUT2D eigenvalue weighted by molar-refractivity contribution is 6.06. The van der Waals surface area contributed by atoms with Crippen molar-refractivity contribution < 1.29 is 14.1 Å². The van der Waals surface area contributed by atoms with Crippen LogP contribution >= 0.6 is 0 Å². The second-order valence-corrected chi connectivity index (χ2v) is 8.14. The maximum Gasteiger partial charge on any atom is 0.254 e. The average molecular weight is 444 g/mol. The number of pyridine rings is 1. The van der Waals surface area contributed by atoms with Gasteiger partial charge < -0.3 is 14.2 Å². The molecule has 1 aliphatic rings. The van der Waals surface area contributed by atoms with Crippen LogP contribution in [0.4, 0.5) is 0 Å². The van der Waals surface area contributed by atoms with Gasteiger partial charge in [-0.3, -0.25) is 14.7 Å². The van der Waals surface area contributed by atoms with Crippen molar-refractivity contribution in [1.29, 1.82) is 0 Å². The molecule has 3 heterocycles. The maximum atomic E-state index is 13.3. The van der Waals surface area contributed by atoms with Gasteiger partial charge in [0.15, 0.2) is 0 Å². The summed E-state index contributed by atoms with van der Waals surface area (Å²) >= 11 is 0. The van der Waals surface area contributed by atoms with Crippen molar-refractivity contribution in [2.75, 3.05) is 33.3 Å². The third-order valence-corrected chi connectivity index (χ3v) is 5.91. The summed E-state index contributed by atoms with van der Waals surface area (Å²) in [4.78, 5) is 26.5. The summed E-state index contributed by atoms with van der Waals surface area (Å²) in [6.45, 7) is 5.26. The number of hydrogen-bond acceptors (Lipinski definition) is 7. The summed E-state index contributed by atoms with van der Waals surface area (Å²) in [6, 6.07) is 17.2. The highest BCUT2D eigenvalue weighted by atomic mass is 16.5. The number of aromatic nitrogens is 3. The molecule has 8 nitrogen and oxygen atoms in total. The number of carbonyl (C=O) groups is 1. The number of ether oxygens (including phenoxy) is 1. The third-order valence-electron chi connectivity index (χ3n) is 5.91. The van der Waals surface area contributed by atoms with Crippen molar-refractivity contribution in [3.8, 4) is 17.1 Å². The largest absolute Gasteiger partial charge is 0.497 e. The molecule has 0 unspecified atom stereocenters. The molecule has 168 valence electrons. The summed E-state index contributed by atoms with van der Waals surface area (Å²) in [5.41, 5.74) is 3.29. The number of aryl methyl sites for hydroxylation is 1. The molecule has 1 fully saturated rings. The number of carbonyl (C=O) groups excluding carboxylic acids is 1. The topological polar surface area (TPSA) is 84.6 Å². The van der Waals surface area contributed by atoms with E-state index < -0.39 is 0 Å². The number of nitrogens with zero attached hydrogens (tertiary/aromatic N) is 5. The Morgan fingerprint density at radius 1 is 1.03 bits per heavy atom. The zero-order chi connectivity index (χ0) is 22.8. The Labute approximate surface area is 191 Å². The van der Waals surface area contributed by atoms with Crippen LogP contribution in [0.3, 0.4) is 0 Å². The molecular formula is C25H25N5O3. The van der Waals surface area contributed by atoms with Crippen molar-refractivity contribution >= 4 is 16.8 Å². The summed E-state index contributed by atoms with van der Waals surface area (Å²) in [6.07, 6.45) is 0. The molecule has 1 amide bonds. The van der Waals surface area contributed by atoms with Gasteiger partial charge in [-0.1, -0.05) is 23.4 Å². The first-order valence-corrected chi connectivity index (χ1v) is 11.0. The first kappa shape index (κ1) is 21.1. The standard InChI is InChI=1S/C25H25N5O3/c1-17-15-21(20-5-3-4-6-22(20)26-17)25(31)30-13-11-29(12-14-30)16-23-27-24(28-33-23)18-7-9-19(32-2)10-8-18/h3-10,15H,11-14,16H2,1-2H3. The van der Waals surface area contributed by atoms with E-state index >= 15 is 0 Å². The molecule has 0 aliphatic carbocycles. The predicted molar refractivity (Wildman–Crippen MR) is 124 cm³/mol. The molecule has 1 aliphatic heterocycles. The van der Waals surface area contributed by atoms with Crippen molar-refractivity contribution in [3.63, 3.8) is 0 Å². The smallest absolute Gasteiger partial charge is 0.254 e. The van der Waals surface area contributed by atoms with E-state index in [1.165, 1.54) is 0 Å². The van der Waals surface area contributed by atoms with Gasteiger partial charge in [0.2, 0.25) is 11.7 Å². The number of hydrogen-bond donors (Lipinski definition) is 0. The van der Waals surface area contributed by atoms with Crippen molar-refractivity contribution in [2.24, 2.45) is 0 Å². The van der Waals surface area contributed by atoms with Crippen LogP contribution in [0.5, 0.6) is 5.75 Å². The molecule has 8 heteroatoms. The van der Waals surface area contributed by atoms with Gasteiger partial charge in [-0.05, 0) is 43.3 Å². The summed E-state index contributed by atoms with van der Waals surface area (Å²) in [5, 5.41) is 5.00. The molecule has 0 saturated carbocycles. The van der Waals surface area contributed by atoms with Crippen molar-refractivity contribution in [2.45, 2.75) is 13.5 Å². The SMILES string of the molecule is COc1ccc(-c2noc(CN3CCN(C(=O)c4cc(C)nc5ccccc45)CC3)n2)cc1. The Bertz CT molecular complexity index is 1280. The summed E-state index contributed by atoms with van der Waals surface area (Å²) < 4.78 is 10.7. The first-order chi connectivity index (χ1) is 16.1. The van der Waals surface area contributed by atoms with Gasteiger partial charge in [-0.15, -0.1) is 0 Å². The van der Waals surface area contributed by atoms with Crippen molar-refractivity contribution in [3.05, 3.63) is 71.7 Å². The fourth-order valence-corrected chi connectivity index (χ4v) is 4.13. The first-order valence-electron chi connectivity index (χ1n) is 11.0. The number of benzene rings is 2. The normalized spacial score (nSPS) is 14.5. The molecule has 0 N–H and O–H groups in total. The van der Waals surface area contributed by atoms with Gasteiger partial charge in [0.05, 0.1) is 24.7 Å². The fourth-order valence-electron chi connectivity index (χ4n) is 4.13. The quantitative estimate of drug-likeness (QED) is 0.466. The number of methoxy groups -OCH3 is 1. The van der Waals surface area contributed by atoms with Crippen LogP contribution in [-0.2, 0) is 6.54 Å². The lowest BCUT2D eigenvalue weighted by Crippen LogP contribution is -2.48. The lowest BCUT2D eigenvalue weighted by atomic mass is 10.1. The van der Waals surface area contributed by atoms with Gasteiger partial charge in [0.1, 0.15) is 5.75 Å². The van der Waals surface area contributed by atoms with E-state index in [0.29, 0.717) is 36.9 Å². The Hall–Kier alpha value is -3.78. The van der Waals surface area contributed by atoms with E-state index in [9.17, 15) is 4.79 Å². The van der Waals surface area contributed by atoms with Crippen LogP contribution in [0, 0.1) is 6.92 Å². The molecule has 2 aromatic heterocycles. The lowest BCUT2D eigenvalue weighted by Gasteiger charge is -2.34. The molecule has 0 spiro atoms. The van der Waals surface area contributed by atoms with Gasteiger partial charge in [0, 0.05) is 42.8 Å². The average Bonchev–Trinajstić information content (AvgIpc) is 3.32. The number of amides is 1. The minimum atomic E-state index is 0.0518. The highest BCUT2D eigenvalue weighted by Crippen LogP contribution is 2.22. The highest BCUT2D eigenvalue weighted by Gasteiger charge is 2.25. The van der Waals surface area contributed by atoms with Crippen LogP contribution in [0.1, 0.15) is 21.9 Å². The molecule has 1 saturated heterocycles. The zero-order valence-corrected chi connectivity index (χ0v) is 18.7. The van der Waals surface area contributed by atoms with Crippen LogP contribution in [-0.4, -0.2) is 64.1 Å². The maximum absolute atomic E-state index is 13.3. The third kappa shape index (κ3) is 4.42. The minimum Gasteiger partial charge on any atom is -0.497 e. The predicted octanol–water partition coefficient (Wildman–Crippen LogP) is 3.56. The Kier molecular flexibility index (Phi) is 5.75. The van der Waals surface area contributed by atoms with E-state index in [1.54, 1.807) is 7.11 Å². The second kappa shape index (κ2) is 8.99. The number of para-hydroxylation sites is 1. The van der Waals surface area contributed by atoms with E-state index in [2.05, 4.69) is 20.0 Å². The van der Waals surface area contributed by atoms with E-state index in [0.717, 1.165) is 41.0 Å². The molecule has 2 aromatic carbocycles. The second-order valence-electron chi connectivity index (χ2n) is 8.14. The van der Waals surface area contributed by atoms with Crippen LogP contribution in [0.15, 0.2) is 59.1 Å². The Balaban J connectivity index is 1.22. The number of piperazine rings is 1. The Morgan fingerprint density at radius 3 is 2.55 bits per heavy atom. The summed E-state index contributed by atoms with van der Waals surface area (Å²) in [7, 11) is 1.63. The van der Waals surface area contributed by atoms with Crippen LogP contribution < -0.4 is 4.74 Å². The van der Waals surface area contributed by atoms with E-state index in [1.807, 2.05) is 66.4 Å². The molecule has 33 heavy (non-hydrogen) atoms. The molecule has 5 rings (SSSR count). The molecule has 0 atom stereocenters. The zero-order valence-electron chi connectivity index (χ0n) is 18.7. The van der Waals surface area contributed by atoms with Crippen molar-refractivity contribution in [1.82, 2.24) is 24.9 Å². The van der Waals surface area contributed by atoms with Gasteiger partial charge in [-0.25, -0.2) is 0 Å². The van der Waals surface area contributed by atoms with Gasteiger partial charge in [0.25, 0.3) is 5.91 Å². The van der Waals surface area contributed by atoms with Gasteiger partial charge >= 0.3 is 0 Å². The minimum absolute atomic E-state index is 0.0518. The number of fused-ring (bicyclic) bond motifs is 1. The van der Waals surface area contributed by atoms with Gasteiger partial charge in [-0.2, -0.15) is 4.98 Å². The molecule has 0 bridgehead atoms. The van der Waals surface area contributed by atoms with Crippen LogP contribution in [0.2, 0.25) is 0 Å². The fraction of sp³-hybridized carbons (Fsp3) is 0.280. The summed E-state index contributed by atoms with van der Waals surface area (Å²) in [5.74, 6) is 1.96. The Morgan fingerprint density at radius 2 is 1.79 bits per heavy atom. The monoisotopic (exact) mass is 443 g/mol. The lowest BCUT2D eigenvalue weighted by molar-refractivity contribution is 0.0617. The van der Waals surface area contributed by atoms with E-state index in [4.69, 9.17) is 9.26 Å². The van der Waals surface area contributed by atoms with E-state index in [-0.39, 0.29) is 5.91 Å².